The summed E-state index contributed by atoms with van der Waals surface area (Å²) >= 11 is 0. The smallest absolute Gasteiger partial charge is 0.232 e. The van der Waals surface area contributed by atoms with Gasteiger partial charge in [-0.15, -0.1) is 0 Å². The lowest BCUT2D eigenvalue weighted by atomic mass is 9.82. The Morgan fingerprint density at radius 1 is 1.33 bits per heavy atom. The zero-order valence-electron chi connectivity index (χ0n) is 13.5. The van der Waals surface area contributed by atoms with Crippen molar-refractivity contribution in [3.05, 3.63) is 29.8 Å². The van der Waals surface area contributed by atoms with Crippen molar-refractivity contribution in [2.24, 2.45) is 0 Å². The fraction of sp³-hybridized carbons (Fsp3) is 0.588. The summed E-state index contributed by atoms with van der Waals surface area (Å²) in [4.78, 5) is 15.0. The summed E-state index contributed by atoms with van der Waals surface area (Å²) in [7, 11) is 1.65. The number of nitrogens with zero attached hydrogens (tertiary/aromatic N) is 1. The number of carbonyl (C=O) groups excluding carboxylic acids is 1. The number of methoxy groups -OCH3 is 1. The number of hydrogen-bond acceptors (Lipinski definition) is 3. The van der Waals surface area contributed by atoms with Gasteiger partial charge in [-0.05, 0) is 51.4 Å². The maximum atomic E-state index is 13.0. The zero-order chi connectivity index (χ0) is 15.5. The molecule has 1 unspecified atom stereocenters. The van der Waals surface area contributed by atoms with Crippen LogP contribution in [0.15, 0.2) is 24.3 Å². The molecule has 1 amide bonds. The minimum absolute atomic E-state index is 0.198. The first-order valence-corrected chi connectivity index (χ1v) is 7.63. The molecule has 0 radical (unpaired) electrons. The Morgan fingerprint density at radius 3 is 2.62 bits per heavy atom. The van der Waals surface area contributed by atoms with Crippen molar-refractivity contribution < 1.29 is 9.53 Å². The zero-order valence-corrected chi connectivity index (χ0v) is 13.5. The van der Waals surface area contributed by atoms with Crippen molar-refractivity contribution in [2.45, 2.75) is 38.6 Å². The number of carbonyl (C=O) groups is 1. The number of ether oxygens (including phenoxy) is 1. The summed E-state index contributed by atoms with van der Waals surface area (Å²) < 4.78 is 5.19. The van der Waals surface area contributed by atoms with E-state index in [0.717, 1.165) is 37.4 Å². The SMILES string of the molecule is COc1ccc(C(C)(C)C(=O)N2CCCNCC2C)cc1. The van der Waals surface area contributed by atoms with E-state index in [1.165, 1.54) is 0 Å². The minimum Gasteiger partial charge on any atom is -0.497 e. The molecule has 4 heteroatoms. The first kappa shape index (κ1) is 15.8. The second kappa shape index (κ2) is 6.48. The summed E-state index contributed by atoms with van der Waals surface area (Å²) in [5, 5.41) is 3.38. The third-order valence-corrected chi connectivity index (χ3v) is 4.33. The lowest BCUT2D eigenvalue weighted by molar-refractivity contribution is -0.138. The van der Waals surface area contributed by atoms with Crippen LogP contribution in [0.2, 0.25) is 0 Å². The van der Waals surface area contributed by atoms with Gasteiger partial charge >= 0.3 is 0 Å². The molecular weight excluding hydrogens is 264 g/mol. The molecule has 1 fully saturated rings. The van der Waals surface area contributed by atoms with Crippen molar-refractivity contribution in [1.29, 1.82) is 0 Å². The predicted octanol–water partition coefficient (Wildman–Crippen LogP) is 2.18. The Morgan fingerprint density at radius 2 is 2.00 bits per heavy atom. The summed E-state index contributed by atoms with van der Waals surface area (Å²) in [5.74, 6) is 1.01. The van der Waals surface area contributed by atoms with Gasteiger partial charge in [-0.2, -0.15) is 0 Å². The molecule has 0 bridgehead atoms. The van der Waals surface area contributed by atoms with E-state index >= 15 is 0 Å². The van der Waals surface area contributed by atoms with Gasteiger partial charge in [0.25, 0.3) is 0 Å². The standard InChI is InChI=1S/C17H26N2O2/c1-13-12-18-10-5-11-19(13)16(20)17(2,3)14-6-8-15(21-4)9-7-14/h6-9,13,18H,5,10-12H2,1-4H3. The molecule has 0 aliphatic carbocycles. The maximum absolute atomic E-state index is 13.0. The molecule has 1 atom stereocenters. The lowest BCUT2D eigenvalue weighted by Crippen LogP contribution is -2.49. The predicted molar refractivity (Wildman–Crippen MR) is 84.7 cm³/mol. The highest BCUT2D eigenvalue weighted by Crippen LogP contribution is 2.28. The normalized spacial score (nSPS) is 20.0. The number of benzene rings is 1. The van der Waals surface area contributed by atoms with Crippen molar-refractivity contribution in [1.82, 2.24) is 10.2 Å². The van der Waals surface area contributed by atoms with Gasteiger partial charge in [0.05, 0.1) is 12.5 Å². The van der Waals surface area contributed by atoms with E-state index < -0.39 is 5.41 Å². The summed E-state index contributed by atoms with van der Waals surface area (Å²) in [5.41, 5.74) is 0.503. The average molecular weight is 290 g/mol. The maximum Gasteiger partial charge on any atom is 0.232 e. The topological polar surface area (TPSA) is 41.6 Å². The Bertz CT molecular complexity index is 482. The molecule has 1 saturated heterocycles. The van der Waals surface area contributed by atoms with Gasteiger partial charge in [-0.25, -0.2) is 0 Å². The van der Waals surface area contributed by atoms with Crippen LogP contribution in [0.25, 0.3) is 0 Å². The van der Waals surface area contributed by atoms with E-state index in [1.54, 1.807) is 7.11 Å². The molecule has 0 saturated carbocycles. The Kier molecular flexibility index (Phi) is 4.88. The molecule has 2 rings (SSSR count). The van der Waals surface area contributed by atoms with Gasteiger partial charge in [0.1, 0.15) is 5.75 Å². The monoisotopic (exact) mass is 290 g/mol. The number of nitrogens with one attached hydrogen (secondary N) is 1. The highest BCUT2D eigenvalue weighted by Gasteiger charge is 2.35. The number of hydrogen-bond donors (Lipinski definition) is 1. The molecular formula is C17H26N2O2. The van der Waals surface area contributed by atoms with Crippen molar-refractivity contribution in [3.63, 3.8) is 0 Å². The van der Waals surface area contributed by atoms with Gasteiger partial charge in [0, 0.05) is 19.1 Å². The molecule has 1 heterocycles. The van der Waals surface area contributed by atoms with E-state index in [9.17, 15) is 4.79 Å². The first-order chi connectivity index (χ1) is 9.96. The van der Waals surface area contributed by atoms with Crippen LogP contribution in [-0.4, -0.2) is 43.6 Å². The Labute approximate surface area is 127 Å². The fourth-order valence-electron chi connectivity index (χ4n) is 2.81. The van der Waals surface area contributed by atoms with Crippen LogP contribution in [0.5, 0.6) is 5.75 Å². The summed E-state index contributed by atoms with van der Waals surface area (Å²) in [6.45, 7) is 8.79. The van der Waals surface area contributed by atoms with Crippen LogP contribution in [0, 0.1) is 0 Å². The van der Waals surface area contributed by atoms with Gasteiger partial charge in [0.2, 0.25) is 5.91 Å². The quantitative estimate of drug-likeness (QED) is 0.928. The van der Waals surface area contributed by atoms with E-state index in [0.29, 0.717) is 0 Å². The van der Waals surface area contributed by atoms with Crippen LogP contribution in [0.3, 0.4) is 0 Å². The molecule has 21 heavy (non-hydrogen) atoms. The second-order valence-electron chi connectivity index (χ2n) is 6.26. The van der Waals surface area contributed by atoms with Crippen LogP contribution < -0.4 is 10.1 Å². The lowest BCUT2D eigenvalue weighted by Gasteiger charge is -2.35. The molecule has 1 aliphatic heterocycles. The van der Waals surface area contributed by atoms with Gasteiger partial charge in [-0.3, -0.25) is 4.79 Å². The number of rotatable bonds is 3. The minimum atomic E-state index is -0.523. The van der Waals surface area contributed by atoms with Crippen LogP contribution in [0.1, 0.15) is 32.8 Å². The molecule has 0 spiro atoms. The molecule has 1 N–H and O–H groups in total. The van der Waals surface area contributed by atoms with E-state index in [-0.39, 0.29) is 11.9 Å². The van der Waals surface area contributed by atoms with Crippen molar-refractivity contribution >= 4 is 5.91 Å². The van der Waals surface area contributed by atoms with Crippen LogP contribution in [0.4, 0.5) is 0 Å². The third-order valence-electron chi connectivity index (χ3n) is 4.33. The molecule has 0 aromatic heterocycles. The van der Waals surface area contributed by atoms with Gasteiger partial charge in [-0.1, -0.05) is 12.1 Å². The number of amides is 1. The van der Waals surface area contributed by atoms with E-state index in [4.69, 9.17) is 4.74 Å². The highest BCUT2D eigenvalue weighted by atomic mass is 16.5. The Hall–Kier alpha value is -1.55. The molecule has 1 aromatic rings. The van der Waals surface area contributed by atoms with Crippen molar-refractivity contribution in [3.8, 4) is 5.75 Å². The molecule has 4 nitrogen and oxygen atoms in total. The highest BCUT2D eigenvalue weighted by molar-refractivity contribution is 5.87. The Balaban J connectivity index is 2.21. The second-order valence-corrected chi connectivity index (χ2v) is 6.26. The third kappa shape index (κ3) is 3.38. The van der Waals surface area contributed by atoms with Crippen LogP contribution in [-0.2, 0) is 10.2 Å². The van der Waals surface area contributed by atoms with Crippen molar-refractivity contribution in [2.75, 3.05) is 26.7 Å². The molecule has 1 aromatic carbocycles. The average Bonchev–Trinajstić information content (AvgIpc) is 2.71. The fourth-order valence-corrected chi connectivity index (χ4v) is 2.81. The van der Waals surface area contributed by atoms with Gasteiger partial charge < -0.3 is 15.0 Å². The largest absolute Gasteiger partial charge is 0.497 e. The van der Waals surface area contributed by atoms with Crippen LogP contribution >= 0.6 is 0 Å². The first-order valence-electron chi connectivity index (χ1n) is 7.63. The summed E-state index contributed by atoms with van der Waals surface area (Å²) in [6.07, 6.45) is 1.01. The van der Waals surface area contributed by atoms with E-state index in [2.05, 4.69) is 12.2 Å². The molecule has 1 aliphatic rings. The molecule has 116 valence electrons. The van der Waals surface area contributed by atoms with E-state index in [1.807, 2.05) is 43.0 Å². The summed E-state index contributed by atoms with van der Waals surface area (Å²) in [6, 6.07) is 8.03. The van der Waals surface area contributed by atoms with Gasteiger partial charge in [0.15, 0.2) is 0 Å².